The number of hydrogen-bond donors (Lipinski definition) is 0. The Morgan fingerprint density at radius 2 is 0.864 bits per heavy atom. The van der Waals surface area contributed by atoms with Crippen molar-refractivity contribution in [2.75, 3.05) is 0 Å². The molecule has 0 aromatic heterocycles. The van der Waals surface area contributed by atoms with Crippen molar-refractivity contribution in [3.05, 3.63) is 114 Å². The van der Waals surface area contributed by atoms with E-state index in [1.54, 1.807) is 48.5 Å². The molecule has 0 heterocycles. The van der Waals surface area contributed by atoms with Crippen LogP contribution in [-0.2, 0) is 20.7 Å². The Morgan fingerprint density at radius 3 is 1.27 bits per heavy atom. The van der Waals surface area contributed by atoms with Crippen LogP contribution in [0.15, 0.2) is 107 Å². The second-order valence-electron chi connectivity index (χ2n) is 14.0. The predicted molar refractivity (Wildman–Crippen MR) is 181 cm³/mol. The summed E-state index contributed by atoms with van der Waals surface area (Å²) in [6, 6.07) is 30.3. The Labute approximate surface area is 265 Å². The van der Waals surface area contributed by atoms with E-state index in [1.807, 2.05) is 26.0 Å². The molecule has 0 saturated carbocycles. The first-order valence-corrected chi connectivity index (χ1v) is 17.0. The van der Waals surface area contributed by atoms with Gasteiger partial charge in [0, 0.05) is 5.41 Å². The van der Waals surface area contributed by atoms with E-state index < -0.39 is 9.84 Å². The van der Waals surface area contributed by atoms with Crippen LogP contribution in [-0.4, -0.2) is 14.0 Å². The SMILES string of the molecule is CC(C)C(C)(C)Oc1ccc(S(=O)(=O)c2ccc(Oc3ccc(C(C)(C)c4ccc(C(C)(C)C(C)C)cc4)cc3)cc2)cc1. The van der Waals surface area contributed by atoms with Gasteiger partial charge in [-0.05, 0) is 108 Å². The van der Waals surface area contributed by atoms with Gasteiger partial charge >= 0.3 is 0 Å². The highest BCUT2D eigenvalue weighted by Gasteiger charge is 2.28. The fraction of sp³-hybridized carbons (Fsp3) is 0.385. The summed E-state index contributed by atoms with van der Waals surface area (Å²) in [5.41, 5.74) is 3.38. The van der Waals surface area contributed by atoms with Gasteiger partial charge in [0.1, 0.15) is 22.8 Å². The average molecular weight is 613 g/mol. The van der Waals surface area contributed by atoms with Gasteiger partial charge in [0.2, 0.25) is 9.84 Å². The van der Waals surface area contributed by atoms with E-state index in [2.05, 4.69) is 91.8 Å². The summed E-state index contributed by atoms with van der Waals surface area (Å²) >= 11 is 0. The molecule has 0 aliphatic rings. The molecular formula is C39H48O4S. The smallest absolute Gasteiger partial charge is 0.206 e. The van der Waals surface area contributed by atoms with Gasteiger partial charge < -0.3 is 9.47 Å². The molecule has 0 fully saturated rings. The Kier molecular flexibility index (Phi) is 9.42. The Bertz CT molecular complexity index is 1640. The van der Waals surface area contributed by atoms with Crippen molar-refractivity contribution in [1.29, 1.82) is 0 Å². The number of sulfone groups is 1. The van der Waals surface area contributed by atoms with Crippen LogP contribution in [0.2, 0.25) is 0 Å². The zero-order valence-corrected chi connectivity index (χ0v) is 28.8. The molecule has 0 radical (unpaired) electrons. The average Bonchev–Trinajstić information content (AvgIpc) is 2.98. The first-order valence-electron chi connectivity index (χ1n) is 15.5. The Hall–Kier alpha value is -3.57. The summed E-state index contributed by atoms with van der Waals surface area (Å²) in [5, 5.41) is 0. The Balaban J connectivity index is 1.44. The first-order chi connectivity index (χ1) is 20.4. The number of hydrogen-bond acceptors (Lipinski definition) is 4. The van der Waals surface area contributed by atoms with E-state index in [-0.39, 0.29) is 26.2 Å². The largest absolute Gasteiger partial charge is 0.488 e. The number of ether oxygens (including phenoxy) is 2. The van der Waals surface area contributed by atoms with Crippen molar-refractivity contribution in [3.63, 3.8) is 0 Å². The summed E-state index contributed by atoms with van der Waals surface area (Å²) in [5.74, 6) is 2.76. The molecule has 0 N–H and O–H groups in total. The second-order valence-corrected chi connectivity index (χ2v) is 16.0. The normalized spacial score (nSPS) is 12.9. The third kappa shape index (κ3) is 7.04. The van der Waals surface area contributed by atoms with E-state index in [1.165, 1.54) is 16.7 Å². The molecule has 0 spiro atoms. The molecule has 4 nitrogen and oxygen atoms in total. The molecular weight excluding hydrogens is 564 g/mol. The maximum atomic E-state index is 13.3. The molecule has 0 bridgehead atoms. The minimum absolute atomic E-state index is 0.121. The van der Waals surface area contributed by atoms with Gasteiger partial charge in [-0.25, -0.2) is 8.42 Å². The summed E-state index contributed by atoms with van der Waals surface area (Å²) < 4.78 is 38.7. The molecule has 0 atom stereocenters. The standard InChI is InChI=1S/C39H48O4S/c1-27(2)37(5,6)29-11-13-30(14-12-29)38(7,8)31-15-17-32(18-16-31)42-33-19-23-35(24-20-33)44(40,41)36-25-21-34(22-26-36)43-39(9,10)28(3)4/h11-28H,1-10H3. The molecule has 0 aliphatic carbocycles. The van der Waals surface area contributed by atoms with E-state index in [0.29, 0.717) is 29.1 Å². The van der Waals surface area contributed by atoms with Crippen LogP contribution in [0.1, 0.15) is 85.9 Å². The van der Waals surface area contributed by atoms with Crippen LogP contribution in [0, 0.1) is 11.8 Å². The fourth-order valence-electron chi connectivity index (χ4n) is 4.82. The minimum Gasteiger partial charge on any atom is -0.488 e. The highest BCUT2D eigenvalue weighted by atomic mass is 32.2. The topological polar surface area (TPSA) is 52.6 Å². The zero-order valence-electron chi connectivity index (χ0n) is 27.9. The lowest BCUT2D eigenvalue weighted by Crippen LogP contribution is -2.34. The lowest BCUT2D eigenvalue weighted by atomic mass is 9.73. The molecule has 4 aromatic carbocycles. The van der Waals surface area contributed by atoms with Crippen LogP contribution in [0.3, 0.4) is 0 Å². The molecule has 0 unspecified atom stereocenters. The van der Waals surface area contributed by atoms with Gasteiger partial charge in [-0.15, -0.1) is 0 Å². The van der Waals surface area contributed by atoms with Gasteiger partial charge in [0.05, 0.1) is 9.79 Å². The quantitative estimate of drug-likeness (QED) is 0.169. The first kappa shape index (κ1) is 33.3. The van der Waals surface area contributed by atoms with Gasteiger partial charge in [0.25, 0.3) is 0 Å². The van der Waals surface area contributed by atoms with Crippen LogP contribution >= 0.6 is 0 Å². The highest BCUT2D eigenvalue weighted by molar-refractivity contribution is 7.91. The van der Waals surface area contributed by atoms with Crippen molar-refractivity contribution in [2.45, 2.75) is 95.5 Å². The number of benzene rings is 4. The van der Waals surface area contributed by atoms with Crippen LogP contribution < -0.4 is 9.47 Å². The fourth-order valence-corrected chi connectivity index (χ4v) is 6.08. The number of rotatable bonds is 11. The summed E-state index contributed by atoms with van der Waals surface area (Å²) in [6.45, 7) is 21.8. The molecule has 0 saturated heterocycles. The molecule has 0 amide bonds. The molecule has 4 aromatic rings. The predicted octanol–water partition coefficient (Wildman–Crippen LogP) is 10.4. The van der Waals surface area contributed by atoms with Gasteiger partial charge in [-0.1, -0.05) is 91.8 Å². The molecule has 4 rings (SSSR count). The highest BCUT2D eigenvalue weighted by Crippen LogP contribution is 2.37. The van der Waals surface area contributed by atoms with E-state index in [4.69, 9.17) is 9.47 Å². The lowest BCUT2D eigenvalue weighted by molar-refractivity contribution is 0.0599. The molecule has 44 heavy (non-hydrogen) atoms. The third-order valence-electron chi connectivity index (χ3n) is 9.65. The minimum atomic E-state index is -3.68. The molecule has 5 heteroatoms. The van der Waals surface area contributed by atoms with Gasteiger partial charge in [-0.2, -0.15) is 0 Å². The van der Waals surface area contributed by atoms with Crippen molar-refractivity contribution in [3.8, 4) is 17.2 Å². The van der Waals surface area contributed by atoms with Crippen molar-refractivity contribution >= 4 is 9.84 Å². The zero-order chi connectivity index (χ0) is 32.5. The third-order valence-corrected chi connectivity index (χ3v) is 11.4. The summed E-state index contributed by atoms with van der Waals surface area (Å²) in [6.07, 6.45) is 0. The van der Waals surface area contributed by atoms with E-state index in [0.717, 1.165) is 0 Å². The van der Waals surface area contributed by atoms with Gasteiger partial charge in [-0.3, -0.25) is 0 Å². The molecule has 234 valence electrons. The second kappa shape index (κ2) is 12.4. The van der Waals surface area contributed by atoms with E-state index in [9.17, 15) is 8.42 Å². The maximum Gasteiger partial charge on any atom is 0.206 e. The summed E-state index contributed by atoms with van der Waals surface area (Å²) in [7, 11) is -3.68. The van der Waals surface area contributed by atoms with Crippen molar-refractivity contribution < 1.29 is 17.9 Å². The van der Waals surface area contributed by atoms with Gasteiger partial charge in [0.15, 0.2) is 0 Å². The van der Waals surface area contributed by atoms with Crippen molar-refractivity contribution in [2.24, 2.45) is 11.8 Å². The molecule has 0 aliphatic heterocycles. The van der Waals surface area contributed by atoms with Crippen LogP contribution in [0.25, 0.3) is 0 Å². The van der Waals surface area contributed by atoms with Crippen LogP contribution in [0.5, 0.6) is 17.2 Å². The van der Waals surface area contributed by atoms with Crippen LogP contribution in [0.4, 0.5) is 0 Å². The summed E-state index contributed by atoms with van der Waals surface area (Å²) in [4.78, 5) is 0.429. The van der Waals surface area contributed by atoms with E-state index >= 15 is 0 Å². The maximum absolute atomic E-state index is 13.3. The monoisotopic (exact) mass is 612 g/mol. The lowest BCUT2D eigenvalue weighted by Gasteiger charge is -2.31. The van der Waals surface area contributed by atoms with Crippen molar-refractivity contribution in [1.82, 2.24) is 0 Å². The Morgan fingerprint density at radius 1 is 0.500 bits per heavy atom.